The van der Waals surface area contributed by atoms with Crippen LogP contribution < -0.4 is 4.72 Å². The third kappa shape index (κ3) is 5.54. The Bertz CT molecular complexity index is 647. The van der Waals surface area contributed by atoms with Crippen LogP contribution in [0.5, 0.6) is 0 Å². The van der Waals surface area contributed by atoms with Crippen LogP contribution in [0.3, 0.4) is 0 Å². The molecule has 2 rings (SSSR count). The smallest absolute Gasteiger partial charge is 0.345 e. The van der Waals surface area contributed by atoms with Crippen LogP contribution in [0.1, 0.15) is 42.8 Å². The number of nitrogens with one attached hydrogen (secondary N) is 1. The maximum atomic E-state index is 12.1. The minimum absolute atomic E-state index is 0.0311. The van der Waals surface area contributed by atoms with E-state index in [9.17, 15) is 13.2 Å². The van der Waals surface area contributed by atoms with Gasteiger partial charge in [-0.05, 0) is 43.7 Å². The van der Waals surface area contributed by atoms with E-state index in [1.165, 1.54) is 17.9 Å². The van der Waals surface area contributed by atoms with Gasteiger partial charge in [-0.25, -0.2) is 17.9 Å². The van der Waals surface area contributed by atoms with E-state index in [1.807, 2.05) is 0 Å². The van der Waals surface area contributed by atoms with Gasteiger partial charge in [0, 0.05) is 25.0 Å². The number of nitrogens with zero attached hydrogens (tertiary/aromatic N) is 1. The molecule has 2 N–H and O–H groups in total. The predicted octanol–water partition coefficient (Wildman–Crippen LogP) is 2.48. The predicted molar refractivity (Wildman–Crippen MR) is 95.1 cm³/mol. The zero-order chi connectivity index (χ0) is 17.7. The van der Waals surface area contributed by atoms with Crippen molar-refractivity contribution in [2.24, 2.45) is 11.8 Å². The fraction of sp³-hybridized carbons (Fsp3) is 0.688. The molecule has 2 unspecified atom stereocenters. The Hall–Kier alpha value is -0.960. The van der Waals surface area contributed by atoms with Crippen LogP contribution in [0.15, 0.2) is 16.3 Å². The van der Waals surface area contributed by atoms with Crippen LogP contribution in [0.2, 0.25) is 0 Å². The first-order chi connectivity index (χ1) is 11.3. The van der Waals surface area contributed by atoms with Crippen LogP contribution in [-0.4, -0.2) is 50.6 Å². The summed E-state index contributed by atoms with van der Waals surface area (Å²) in [6.45, 7) is 8.19. The summed E-state index contributed by atoms with van der Waals surface area (Å²) in [5, 5.41) is 10.2. The molecule has 0 aromatic carbocycles. The zero-order valence-corrected chi connectivity index (χ0v) is 15.8. The lowest BCUT2D eigenvalue weighted by Gasteiger charge is -2.34. The largest absolute Gasteiger partial charge is 0.477 e. The maximum absolute atomic E-state index is 12.1. The Balaban J connectivity index is 1.72. The van der Waals surface area contributed by atoms with Gasteiger partial charge in [0.25, 0.3) is 0 Å². The second-order valence-corrected chi connectivity index (χ2v) is 9.44. The molecule has 0 bridgehead atoms. The Morgan fingerprint density at radius 2 is 2.00 bits per heavy atom. The number of likely N-dealkylation sites (tertiary alicyclic amines) is 1. The molecule has 1 aromatic rings. The van der Waals surface area contributed by atoms with Gasteiger partial charge < -0.3 is 10.0 Å². The monoisotopic (exact) mass is 374 g/mol. The van der Waals surface area contributed by atoms with Crippen LogP contribution in [0.25, 0.3) is 0 Å². The van der Waals surface area contributed by atoms with Crippen molar-refractivity contribution in [3.8, 4) is 0 Å². The van der Waals surface area contributed by atoms with E-state index < -0.39 is 16.0 Å². The lowest BCUT2D eigenvalue weighted by molar-refractivity contribution is 0.0702. The molecular weight excluding hydrogens is 348 g/mol. The van der Waals surface area contributed by atoms with Crippen molar-refractivity contribution in [1.82, 2.24) is 9.62 Å². The van der Waals surface area contributed by atoms with E-state index in [-0.39, 0.29) is 9.77 Å². The summed E-state index contributed by atoms with van der Waals surface area (Å²) < 4.78 is 26.8. The minimum atomic E-state index is -3.61. The first-order valence-corrected chi connectivity index (χ1v) is 10.7. The van der Waals surface area contributed by atoms with Crippen molar-refractivity contribution in [2.45, 2.75) is 38.0 Å². The third-order valence-electron chi connectivity index (χ3n) is 4.23. The normalized spacial score (nSPS) is 22.6. The molecule has 6 nitrogen and oxygen atoms in total. The molecule has 8 heteroatoms. The van der Waals surface area contributed by atoms with E-state index >= 15 is 0 Å². The van der Waals surface area contributed by atoms with Gasteiger partial charge in [-0.3, -0.25) is 0 Å². The number of piperidine rings is 1. The summed E-state index contributed by atoms with van der Waals surface area (Å²) in [6, 6.07) is 1.20. The maximum Gasteiger partial charge on any atom is 0.345 e. The Morgan fingerprint density at radius 3 is 2.58 bits per heavy atom. The number of sulfonamides is 1. The van der Waals surface area contributed by atoms with Gasteiger partial charge in [-0.2, -0.15) is 0 Å². The molecule has 136 valence electrons. The minimum Gasteiger partial charge on any atom is -0.477 e. The molecule has 1 saturated heterocycles. The number of hydrogen-bond donors (Lipinski definition) is 2. The van der Waals surface area contributed by atoms with Crippen molar-refractivity contribution >= 4 is 27.3 Å². The van der Waals surface area contributed by atoms with E-state index in [1.54, 1.807) is 0 Å². The van der Waals surface area contributed by atoms with Gasteiger partial charge in [0.2, 0.25) is 10.0 Å². The molecule has 1 fully saturated rings. The lowest BCUT2D eigenvalue weighted by Crippen LogP contribution is -2.39. The molecule has 0 aliphatic carbocycles. The summed E-state index contributed by atoms with van der Waals surface area (Å²) in [4.78, 5) is 13.4. The Morgan fingerprint density at radius 1 is 1.33 bits per heavy atom. The molecule has 2 atom stereocenters. The van der Waals surface area contributed by atoms with Gasteiger partial charge >= 0.3 is 5.97 Å². The molecule has 1 aliphatic rings. The average Bonchev–Trinajstić information content (AvgIpc) is 2.96. The number of carbonyl (C=O) groups is 1. The average molecular weight is 375 g/mol. The summed E-state index contributed by atoms with van der Waals surface area (Å²) >= 11 is 0.922. The van der Waals surface area contributed by atoms with Crippen molar-refractivity contribution in [3.05, 3.63) is 16.3 Å². The molecule has 0 radical (unpaired) electrons. The van der Waals surface area contributed by atoms with Gasteiger partial charge in [0.05, 0.1) is 4.90 Å². The lowest BCUT2D eigenvalue weighted by atomic mass is 9.92. The highest BCUT2D eigenvalue weighted by molar-refractivity contribution is 7.89. The molecule has 2 heterocycles. The van der Waals surface area contributed by atoms with Gasteiger partial charge in [0.15, 0.2) is 0 Å². The number of carboxylic acids is 1. The molecule has 1 aromatic heterocycles. The highest BCUT2D eigenvalue weighted by Crippen LogP contribution is 2.21. The SMILES string of the molecule is CC1CC(C)CN(CCCCNS(=O)(=O)c2csc(C(=O)O)c2)C1. The molecule has 1 aliphatic heterocycles. The molecule has 0 saturated carbocycles. The number of hydrogen-bond acceptors (Lipinski definition) is 5. The van der Waals surface area contributed by atoms with E-state index in [0.29, 0.717) is 6.54 Å². The molecule has 0 amide bonds. The summed E-state index contributed by atoms with van der Waals surface area (Å²) in [6.07, 6.45) is 3.01. The van der Waals surface area contributed by atoms with Crippen molar-refractivity contribution in [3.63, 3.8) is 0 Å². The van der Waals surface area contributed by atoms with E-state index in [2.05, 4.69) is 23.5 Å². The second-order valence-electron chi connectivity index (χ2n) is 6.76. The third-order valence-corrected chi connectivity index (χ3v) is 6.74. The quantitative estimate of drug-likeness (QED) is 0.683. The molecular formula is C16H26N2O4S2. The van der Waals surface area contributed by atoms with Gasteiger partial charge in [0.1, 0.15) is 4.88 Å². The van der Waals surface area contributed by atoms with Crippen LogP contribution >= 0.6 is 11.3 Å². The molecule has 24 heavy (non-hydrogen) atoms. The topological polar surface area (TPSA) is 86.7 Å². The fourth-order valence-corrected chi connectivity index (χ4v) is 5.48. The standard InChI is InChI=1S/C16H26N2O4S2/c1-12-7-13(2)10-18(9-12)6-4-3-5-17-24(21,22)14-8-15(16(19)20)23-11-14/h8,11-13,17H,3-7,9-10H2,1-2H3,(H,19,20). The first-order valence-electron chi connectivity index (χ1n) is 8.32. The van der Waals surface area contributed by atoms with Crippen LogP contribution in [0.4, 0.5) is 0 Å². The number of aromatic carboxylic acids is 1. The molecule has 0 spiro atoms. The summed E-state index contributed by atoms with van der Waals surface area (Å²) in [5.74, 6) is 0.356. The second kappa shape index (κ2) is 8.42. The van der Waals surface area contributed by atoms with Crippen molar-refractivity contribution in [1.29, 1.82) is 0 Å². The Kier molecular flexibility index (Phi) is 6.79. The number of rotatable bonds is 8. The summed E-state index contributed by atoms with van der Waals surface area (Å²) in [7, 11) is -3.61. The van der Waals surface area contributed by atoms with Crippen molar-refractivity contribution < 1.29 is 18.3 Å². The number of thiophene rings is 1. The van der Waals surface area contributed by atoms with Crippen molar-refractivity contribution in [2.75, 3.05) is 26.2 Å². The first kappa shape index (κ1) is 19.4. The van der Waals surface area contributed by atoms with Crippen LogP contribution in [-0.2, 0) is 10.0 Å². The highest BCUT2D eigenvalue weighted by atomic mass is 32.2. The van der Waals surface area contributed by atoms with Gasteiger partial charge in [-0.15, -0.1) is 11.3 Å². The Labute approximate surface area is 147 Å². The fourth-order valence-electron chi connectivity index (χ4n) is 3.30. The van der Waals surface area contributed by atoms with E-state index in [4.69, 9.17) is 5.11 Å². The van der Waals surface area contributed by atoms with E-state index in [0.717, 1.165) is 55.6 Å². The van der Waals surface area contributed by atoms with Crippen LogP contribution in [0, 0.1) is 11.8 Å². The highest BCUT2D eigenvalue weighted by Gasteiger charge is 2.21. The summed E-state index contributed by atoms with van der Waals surface area (Å²) in [5.41, 5.74) is 0. The number of carboxylic acid groups (broad SMARTS) is 1. The van der Waals surface area contributed by atoms with Gasteiger partial charge in [-0.1, -0.05) is 13.8 Å². The number of unbranched alkanes of at least 4 members (excludes halogenated alkanes) is 1. The zero-order valence-electron chi connectivity index (χ0n) is 14.2.